The molecule has 1 unspecified atom stereocenters. The van der Waals surface area contributed by atoms with Gasteiger partial charge in [-0.3, -0.25) is 4.57 Å². The molecule has 0 spiro atoms. The monoisotopic (exact) mass is 511 g/mol. The fraction of sp³-hybridized carbons (Fsp3) is 0.308. The fourth-order valence-electron chi connectivity index (χ4n) is 4.21. The summed E-state index contributed by atoms with van der Waals surface area (Å²) in [4.78, 5) is 20.6. The normalized spacial score (nSPS) is 12.4. The second-order valence-electron chi connectivity index (χ2n) is 8.28. The van der Waals surface area contributed by atoms with Gasteiger partial charge in [-0.1, -0.05) is 24.3 Å². The summed E-state index contributed by atoms with van der Waals surface area (Å²) in [5.74, 6) is 1.39. The SMILES string of the molecule is CCOc1cc(C(CS(C)(=O)=O)n2c(=O)[nH]c3cc(-c4ccccc4OCC)cnc32)ccc1OC. The summed E-state index contributed by atoms with van der Waals surface area (Å²) in [6.07, 6.45) is 2.80. The van der Waals surface area contributed by atoms with Crippen molar-refractivity contribution in [3.63, 3.8) is 0 Å². The first-order valence-corrected chi connectivity index (χ1v) is 13.6. The smallest absolute Gasteiger partial charge is 0.328 e. The number of pyridine rings is 1. The number of sulfone groups is 1. The standard InChI is InChI=1S/C26H29N3O6S/c1-5-34-22-10-8-7-9-19(22)18-13-20-25(27-15-18)29(26(30)28-20)21(16-36(4,31)32)17-11-12-23(33-3)24(14-17)35-6-2/h7-15,21H,5-6,16H2,1-4H3,(H,28,30). The van der Waals surface area contributed by atoms with Gasteiger partial charge in [0.25, 0.3) is 0 Å². The number of nitrogens with zero attached hydrogens (tertiary/aromatic N) is 2. The summed E-state index contributed by atoms with van der Waals surface area (Å²) < 4.78 is 43.0. The molecule has 0 fully saturated rings. The molecule has 4 rings (SSSR count). The van der Waals surface area contributed by atoms with Crippen LogP contribution in [0.4, 0.5) is 0 Å². The molecule has 0 aliphatic rings. The molecule has 9 nitrogen and oxygen atoms in total. The highest BCUT2D eigenvalue weighted by molar-refractivity contribution is 7.90. The van der Waals surface area contributed by atoms with E-state index < -0.39 is 21.6 Å². The van der Waals surface area contributed by atoms with Crippen LogP contribution in [0, 0.1) is 0 Å². The van der Waals surface area contributed by atoms with E-state index in [4.69, 9.17) is 14.2 Å². The lowest BCUT2D eigenvalue weighted by atomic mass is 10.1. The minimum atomic E-state index is -3.48. The second-order valence-corrected chi connectivity index (χ2v) is 10.5. The summed E-state index contributed by atoms with van der Waals surface area (Å²) in [5.41, 5.74) is 2.56. The molecule has 36 heavy (non-hydrogen) atoms. The molecule has 0 amide bonds. The highest BCUT2D eigenvalue weighted by Crippen LogP contribution is 2.34. The van der Waals surface area contributed by atoms with Crippen molar-refractivity contribution in [1.29, 1.82) is 0 Å². The lowest BCUT2D eigenvalue weighted by Gasteiger charge is -2.20. The summed E-state index contributed by atoms with van der Waals surface area (Å²) in [5, 5.41) is 0. The van der Waals surface area contributed by atoms with Crippen molar-refractivity contribution in [1.82, 2.24) is 14.5 Å². The van der Waals surface area contributed by atoms with E-state index in [0.29, 0.717) is 47.2 Å². The first-order valence-electron chi connectivity index (χ1n) is 11.6. The molecule has 2 aromatic carbocycles. The number of H-pyrrole nitrogens is 1. The Morgan fingerprint density at radius 1 is 1.00 bits per heavy atom. The zero-order valence-corrected chi connectivity index (χ0v) is 21.5. The van der Waals surface area contributed by atoms with Crippen LogP contribution in [0.2, 0.25) is 0 Å². The molecule has 0 saturated carbocycles. The van der Waals surface area contributed by atoms with Crippen LogP contribution in [0.5, 0.6) is 17.2 Å². The number of hydrogen-bond donors (Lipinski definition) is 1. The Labute approximate surface area is 209 Å². The van der Waals surface area contributed by atoms with Crippen LogP contribution in [0.15, 0.2) is 59.5 Å². The predicted molar refractivity (Wildman–Crippen MR) is 139 cm³/mol. The molecule has 0 radical (unpaired) electrons. The maximum absolute atomic E-state index is 13.2. The molecule has 1 N–H and O–H groups in total. The molecule has 190 valence electrons. The third-order valence-corrected chi connectivity index (χ3v) is 6.62. The zero-order valence-electron chi connectivity index (χ0n) is 20.6. The number of ether oxygens (including phenoxy) is 3. The van der Waals surface area contributed by atoms with Gasteiger partial charge in [-0.2, -0.15) is 0 Å². The highest BCUT2D eigenvalue weighted by atomic mass is 32.2. The van der Waals surface area contributed by atoms with Crippen LogP contribution < -0.4 is 19.9 Å². The van der Waals surface area contributed by atoms with Gasteiger partial charge in [0, 0.05) is 23.6 Å². The first kappa shape index (κ1) is 25.3. The van der Waals surface area contributed by atoms with Crippen molar-refractivity contribution in [2.45, 2.75) is 19.9 Å². The number of benzene rings is 2. The zero-order chi connectivity index (χ0) is 25.9. The van der Waals surface area contributed by atoms with Gasteiger partial charge in [0.15, 0.2) is 17.1 Å². The summed E-state index contributed by atoms with van der Waals surface area (Å²) in [6.45, 7) is 4.67. The molecule has 0 aliphatic heterocycles. The lowest BCUT2D eigenvalue weighted by Crippen LogP contribution is -2.28. The van der Waals surface area contributed by atoms with E-state index in [1.165, 1.54) is 11.7 Å². The Bertz CT molecular complexity index is 1540. The van der Waals surface area contributed by atoms with E-state index in [9.17, 15) is 13.2 Å². The van der Waals surface area contributed by atoms with Crippen LogP contribution in [0.25, 0.3) is 22.3 Å². The van der Waals surface area contributed by atoms with Gasteiger partial charge >= 0.3 is 5.69 Å². The van der Waals surface area contributed by atoms with Gasteiger partial charge in [-0.05, 0) is 43.7 Å². The number of para-hydroxylation sites is 1. The van der Waals surface area contributed by atoms with Crippen LogP contribution >= 0.6 is 0 Å². The fourth-order valence-corrected chi connectivity index (χ4v) is 5.13. The van der Waals surface area contributed by atoms with Crippen LogP contribution in [0.1, 0.15) is 25.5 Å². The number of aromatic nitrogens is 3. The van der Waals surface area contributed by atoms with Gasteiger partial charge in [0.1, 0.15) is 15.6 Å². The van der Waals surface area contributed by atoms with Crippen molar-refractivity contribution < 1.29 is 22.6 Å². The number of rotatable bonds is 10. The van der Waals surface area contributed by atoms with Crippen molar-refractivity contribution in [3.05, 3.63) is 70.8 Å². The molecule has 1 atom stereocenters. The van der Waals surface area contributed by atoms with Gasteiger partial charge in [-0.15, -0.1) is 0 Å². The van der Waals surface area contributed by atoms with E-state index in [0.717, 1.165) is 17.4 Å². The maximum atomic E-state index is 13.2. The molecule has 0 aliphatic carbocycles. The van der Waals surface area contributed by atoms with E-state index in [-0.39, 0.29) is 5.75 Å². The highest BCUT2D eigenvalue weighted by Gasteiger charge is 2.26. The van der Waals surface area contributed by atoms with Gasteiger partial charge < -0.3 is 19.2 Å². The van der Waals surface area contributed by atoms with Crippen molar-refractivity contribution in [2.24, 2.45) is 0 Å². The average molecular weight is 512 g/mol. The van der Waals surface area contributed by atoms with Crippen molar-refractivity contribution in [3.8, 4) is 28.4 Å². The van der Waals surface area contributed by atoms with Crippen molar-refractivity contribution in [2.75, 3.05) is 32.3 Å². The Balaban J connectivity index is 1.87. The number of hydrogen-bond acceptors (Lipinski definition) is 7. The Hall–Kier alpha value is -3.79. The topological polar surface area (TPSA) is 113 Å². The molecule has 0 saturated heterocycles. The quantitative estimate of drug-likeness (QED) is 0.344. The number of imidazole rings is 1. The summed E-state index contributed by atoms with van der Waals surface area (Å²) in [6, 6.07) is 13.7. The third-order valence-electron chi connectivity index (χ3n) is 5.70. The number of fused-ring (bicyclic) bond motifs is 1. The molecule has 2 aromatic heterocycles. The molecular formula is C26H29N3O6S. The predicted octanol–water partition coefficient (Wildman–Crippen LogP) is 3.83. The second kappa shape index (κ2) is 10.4. The summed E-state index contributed by atoms with van der Waals surface area (Å²) in [7, 11) is -1.95. The number of nitrogens with one attached hydrogen (secondary N) is 1. The molecule has 2 heterocycles. The van der Waals surface area contributed by atoms with Crippen LogP contribution in [-0.4, -0.2) is 55.3 Å². The Kier molecular flexibility index (Phi) is 7.35. The molecule has 4 aromatic rings. The van der Waals surface area contributed by atoms with Crippen molar-refractivity contribution >= 4 is 21.0 Å². The van der Waals surface area contributed by atoms with E-state index in [2.05, 4.69) is 9.97 Å². The Morgan fingerprint density at radius 3 is 2.42 bits per heavy atom. The van der Waals surface area contributed by atoms with Crippen LogP contribution in [-0.2, 0) is 9.84 Å². The minimum Gasteiger partial charge on any atom is -0.493 e. The summed E-state index contributed by atoms with van der Waals surface area (Å²) >= 11 is 0. The first-order chi connectivity index (χ1) is 17.3. The van der Waals surface area contributed by atoms with E-state index in [1.807, 2.05) is 44.2 Å². The average Bonchev–Trinajstić information content (AvgIpc) is 3.17. The number of aromatic amines is 1. The molecule has 0 bridgehead atoms. The number of methoxy groups -OCH3 is 1. The molecular weight excluding hydrogens is 482 g/mol. The molecule has 10 heteroatoms. The van der Waals surface area contributed by atoms with Crippen LogP contribution in [0.3, 0.4) is 0 Å². The van der Waals surface area contributed by atoms with Gasteiger partial charge in [-0.25, -0.2) is 18.2 Å². The maximum Gasteiger partial charge on any atom is 0.328 e. The third kappa shape index (κ3) is 5.23. The Morgan fingerprint density at radius 2 is 1.72 bits per heavy atom. The van der Waals surface area contributed by atoms with Gasteiger partial charge in [0.2, 0.25) is 0 Å². The van der Waals surface area contributed by atoms with E-state index in [1.54, 1.807) is 24.4 Å². The lowest BCUT2D eigenvalue weighted by molar-refractivity contribution is 0.310. The van der Waals surface area contributed by atoms with Gasteiger partial charge in [0.05, 0.1) is 37.6 Å². The minimum absolute atomic E-state index is 0.297. The van der Waals surface area contributed by atoms with E-state index >= 15 is 0 Å². The largest absolute Gasteiger partial charge is 0.493 e.